The monoisotopic (exact) mass is 603 g/mol. The molecular weight excluding hydrogens is 582 g/mol. The predicted molar refractivity (Wildman–Crippen MR) is 135 cm³/mol. The van der Waals surface area contributed by atoms with Gasteiger partial charge in [0.1, 0.15) is 5.75 Å². The number of ether oxygens (including phenoxy) is 1. The van der Waals surface area contributed by atoms with Gasteiger partial charge in [-0.05, 0) is 83.5 Å². The first kappa shape index (κ1) is 25.1. The van der Waals surface area contributed by atoms with Gasteiger partial charge in [-0.25, -0.2) is 8.42 Å². The molecule has 1 amide bonds. The van der Waals surface area contributed by atoms with Gasteiger partial charge in [0.15, 0.2) is 11.7 Å². The molecule has 1 aliphatic rings. The Labute approximate surface area is 210 Å². The summed E-state index contributed by atoms with van der Waals surface area (Å²) >= 11 is 11.9. The van der Waals surface area contributed by atoms with E-state index < -0.39 is 15.9 Å². The zero-order valence-corrected chi connectivity index (χ0v) is 21.9. The number of nitrogens with one attached hydrogen (secondary N) is 2. The molecule has 7 nitrogen and oxygen atoms in total. The second kappa shape index (κ2) is 11.6. The second-order valence-corrected chi connectivity index (χ2v) is 11.3. The summed E-state index contributed by atoms with van der Waals surface area (Å²) in [6.07, 6.45) is 3.89. The number of carbonyl (C=O) groups is 1. The molecule has 2 N–H and O–H groups in total. The molecule has 1 fully saturated rings. The number of carbonyl (C=O) groups excluding carboxylic acids is 1. The van der Waals surface area contributed by atoms with Crippen molar-refractivity contribution in [1.82, 2.24) is 9.62 Å². The zero-order chi connectivity index (χ0) is 23.1. The molecule has 3 rings (SSSR count). The summed E-state index contributed by atoms with van der Waals surface area (Å²) in [6, 6.07) is 11.7. The van der Waals surface area contributed by atoms with E-state index >= 15 is 0 Å². The van der Waals surface area contributed by atoms with Crippen LogP contribution in [0.5, 0.6) is 5.75 Å². The van der Waals surface area contributed by atoms with Gasteiger partial charge in [-0.15, -0.1) is 0 Å². The number of halogens is 2. The molecule has 0 spiro atoms. The summed E-state index contributed by atoms with van der Waals surface area (Å²) in [7, 11) is -3.51. The van der Waals surface area contributed by atoms with Crippen LogP contribution in [0.25, 0.3) is 0 Å². The smallest absolute Gasteiger partial charge is 0.264 e. The van der Waals surface area contributed by atoms with Crippen molar-refractivity contribution in [2.45, 2.75) is 30.6 Å². The summed E-state index contributed by atoms with van der Waals surface area (Å²) in [5.41, 5.74) is 0.571. The highest BCUT2D eigenvalue weighted by molar-refractivity contribution is 9.11. The third kappa shape index (κ3) is 6.98. The topological polar surface area (TPSA) is 87.7 Å². The molecule has 11 heteroatoms. The van der Waals surface area contributed by atoms with Crippen LogP contribution in [0.1, 0.15) is 25.7 Å². The normalized spacial score (nSPS) is 14.9. The third-order valence-electron chi connectivity index (χ3n) is 4.82. The maximum Gasteiger partial charge on any atom is 0.264 e. The van der Waals surface area contributed by atoms with E-state index in [-0.39, 0.29) is 16.6 Å². The van der Waals surface area contributed by atoms with E-state index in [1.54, 1.807) is 40.7 Å². The van der Waals surface area contributed by atoms with Gasteiger partial charge in [0.05, 0.1) is 9.37 Å². The van der Waals surface area contributed by atoms with Crippen LogP contribution in [0.2, 0.25) is 0 Å². The van der Waals surface area contributed by atoms with Gasteiger partial charge in [-0.2, -0.15) is 4.31 Å². The van der Waals surface area contributed by atoms with Crippen LogP contribution in [0.4, 0.5) is 5.69 Å². The number of rotatable bonds is 6. The van der Waals surface area contributed by atoms with Crippen molar-refractivity contribution >= 4 is 70.8 Å². The molecule has 0 saturated carbocycles. The van der Waals surface area contributed by atoms with Gasteiger partial charge in [-0.1, -0.05) is 28.8 Å². The molecule has 0 aliphatic carbocycles. The standard InChI is InChI=1S/C21H23Br2N3O4S2/c22-15-5-10-19(18(23)13-15)30-14-20(27)25-21(31)24-16-6-8-17(9-7-16)32(28,29)26-11-3-1-2-4-12-26/h5-10,13H,1-4,11-12,14H2,(H2,24,25,27,31). The van der Waals surface area contributed by atoms with Crippen LogP contribution < -0.4 is 15.4 Å². The zero-order valence-electron chi connectivity index (χ0n) is 17.1. The van der Waals surface area contributed by atoms with Crippen LogP contribution in [-0.4, -0.2) is 43.4 Å². The first-order valence-corrected chi connectivity index (χ1v) is 13.5. The first-order valence-electron chi connectivity index (χ1n) is 10.0. The summed E-state index contributed by atoms with van der Waals surface area (Å²) in [5, 5.41) is 5.51. The van der Waals surface area contributed by atoms with E-state index in [9.17, 15) is 13.2 Å². The fraction of sp³-hybridized carbons (Fsp3) is 0.333. The minimum atomic E-state index is -3.51. The Hall–Kier alpha value is -1.53. The molecule has 1 saturated heterocycles. The molecule has 2 aromatic carbocycles. The van der Waals surface area contributed by atoms with Crippen LogP contribution in [-0.2, 0) is 14.8 Å². The first-order chi connectivity index (χ1) is 15.3. The van der Waals surface area contributed by atoms with Crippen LogP contribution >= 0.6 is 44.1 Å². The Morgan fingerprint density at radius 1 is 1.03 bits per heavy atom. The highest BCUT2D eigenvalue weighted by atomic mass is 79.9. The number of sulfonamides is 1. The lowest BCUT2D eigenvalue weighted by Crippen LogP contribution is -2.37. The summed E-state index contributed by atoms with van der Waals surface area (Å²) in [5.74, 6) is 0.112. The van der Waals surface area contributed by atoms with Gasteiger partial charge in [0.2, 0.25) is 10.0 Å². The van der Waals surface area contributed by atoms with Crippen molar-refractivity contribution in [3.63, 3.8) is 0 Å². The number of hydrogen-bond donors (Lipinski definition) is 2. The number of thiocarbonyl (C=S) groups is 1. The maximum atomic E-state index is 12.9. The molecule has 172 valence electrons. The second-order valence-electron chi connectivity index (χ2n) is 7.21. The number of nitrogens with zero attached hydrogens (tertiary/aromatic N) is 1. The predicted octanol–water partition coefficient (Wildman–Crippen LogP) is 4.67. The van der Waals surface area contributed by atoms with E-state index in [1.807, 2.05) is 6.07 Å². The van der Waals surface area contributed by atoms with Crippen LogP contribution in [0.15, 0.2) is 56.3 Å². The molecule has 1 aliphatic heterocycles. The minimum Gasteiger partial charge on any atom is -0.483 e. The van der Waals surface area contributed by atoms with Gasteiger partial charge < -0.3 is 10.1 Å². The molecule has 0 unspecified atom stereocenters. The van der Waals surface area contributed by atoms with Gasteiger partial charge in [0, 0.05) is 23.2 Å². The van der Waals surface area contributed by atoms with Crippen molar-refractivity contribution in [2.24, 2.45) is 0 Å². The Morgan fingerprint density at radius 3 is 2.31 bits per heavy atom. The van der Waals surface area contributed by atoms with Crippen molar-refractivity contribution < 1.29 is 17.9 Å². The van der Waals surface area contributed by atoms with E-state index in [0.717, 1.165) is 34.6 Å². The highest BCUT2D eigenvalue weighted by Gasteiger charge is 2.25. The SMILES string of the molecule is O=C(COc1ccc(Br)cc1Br)NC(=S)Nc1ccc(S(=O)(=O)N2CCCCCC2)cc1. The van der Waals surface area contributed by atoms with Crippen LogP contribution in [0, 0.1) is 0 Å². The lowest BCUT2D eigenvalue weighted by molar-refractivity contribution is -0.121. The summed E-state index contributed by atoms with van der Waals surface area (Å²) in [4.78, 5) is 12.4. The van der Waals surface area contributed by atoms with Crippen molar-refractivity contribution in [2.75, 3.05) is 25.0 Å². The van der Waals surface area contributed by atoms with Crippen molar-refractivity contribution in [1.29, 1.82) is 0 Å². The Morgan fingerprint density at radius 2 is 1.69 bits per heavy atom. The van der Waals surface area contributed by atoms with Gasteiger partial charge >= 0.3 is 0 Å². The lowest BCUT2D eigenvalue weighted by Gasteiger charge is -2.20. The van der Waals surface area contributed by atoms with E-state index in [4.69, 9.17) is 17.0 Å². The number of anilines is 1. The van der Waals surface area contributed by atoms with Gasteiger partial charge in [0.25, 0.3) is 5.91 Å². The molecule has 2 aromatic rings. The van der Waals surface area contributed by atoms with Crippen LogP contribution in [0.3, 0.4) is 0 Å². The Kier molecular flexibility index (Phi) is 9.06. The minimum absolute atomic E-state index is 0.0941. The largest absolute Gasteiger partial charge is 0.483 e. The van der Waals surface area contributed by atoms with Crippen molar-refractivity contribution in [3.05, 3.63) is 51.4 Å². The molecule has 0 aromatic heterocycles. The fourth-order valence-electron chi connectivity index (χ4n) is 3.20. The van der Waals surface area contributed by atoms with E-state index in [1.165, 1.54) is 0 Å². The summed E-state index contributed by atoms with van der Waals surface area (Å²) < 4.78 is 34.3. The molecule has 32 heavy (non-hydrogen) atoms. The number of benzene rings is 2. The highest BCUT2D eigenvalue weighted by Crippen LogP contribution is 2.28. The average Bonchev–Trinajstić information content (AvgIpc) is 3.03. The summed E-state index contributed by atoms with van der Waals surface area (Å²) in [6.45, 7) is 0.893. The quantitative estimate of drug-likeness (QED) is 0.466. The Balaban J connectivity index is 1.52. The molecular formula is C21H23Br2N3O4S2. The van der Waals surface area contributed by atoms with Crippen molar-refractivity contribution in [3.8, 4) is 5.75 Å². The fourth-order valence-corrected chi connectivity index (χ4v) is 6.11. The third-order valence-corrected chi connectivity index (χ3v) is 8.05. The maximum absolute atomic E-state index is 12.9. The van der Waals surface area contributed by atoms with Gasteiger partial charge in [-0.3, -0.25) is 10.1 Å². The van der Waals surface area contributed by atoms with E-state index in [0.29, 0.717) is 24.5 Å². The lowest BCUT2D eigenvalue weighted by atomic mass is 10.2. The number of hydrogen-bond acceptors (Lipinski definition) is 5. The molecule has 1 heterocycles. The molecule has 0 bridgehead atoms. The average molecular weight is 605 g/mol. The molecule has 0 atom stereocenters. The van der Waals surface area contributed by atoms with E-state index in [2.05, 4.69) is 42.5 Å². The Bertz CT molecular complexity index is 1070. The molecule has 0 radical (unpaired) electrons. The number of amides is 1.